The molecule has 0 atom stereocenters. The minimum absolute atomic E-state index is 0.461. The Morgan fingerprint density at radius 1 is 1.56 bits per heavy atom. The first kappa shape index (κ1) is 10.9. The van der Waals surface area contributed by atoms with Gasteiger partial charge in [0.25, 0.3) is 5.89 Å². The van der Waals surface area contributed by atoms with Crippen molar-refractivity contribution >= 4 is 17.4 Å². The number of nitrogens with one attached hydrogen (secondary N) is 1. The summed E-state index contributed by atoms with van der Waals surface area (Å²) in [6, 6.07) is 2.49. The fourth-order valence-electron chi connectivity index (χ4n) is 1.22. The molecule has 0 aromatic carbocycles. The maximum atomic E-state index is 5.47. The molecule has 2 rings (SSSR count). The van der Waals surface area contributed by atoms with Crippen LogP contribution in [0.1, 0.15) is 12.0 Å². The molecule has 0 aliphatic heterocycles. The lowest BCUT2D eigenvalue weighted by atomic mass is 10.3. The average molecular weight is 235 g/mol. The van der Waals surface area contributed by atoms with Crippen molar-refractivity contribution in [2.75, 3.05) is 11.9 Å². The van der Waals surface area contributed by atoms with Crippen LogP contribution < -0.4 is 5.32 Å². The number of anilines is 1. The predicted molar refractivity (Wildman–Crippen MR) is 65.7 cm³/mol. The number of thiophene rings is 1. The summed E-state index contributed by atoms with van der Waals surface area (Å²) in [6.07, 6.45) is 2.71. The van der Waals surface area contributed by atoms with Gasteiger partial charge >= 0.3 is 6.01 Å². The molecule has 0 saturated heterocycles. The molecular weight excluding hydrogens is 222 g/mol. The van der Waals surface area contributed by atoms with Crippen molar-refractivity contribution in [2.24, 2.45) is 0 Å². The summed E-state index contributed by atoms with van der Waals surface area (Å²) in [7, 11) is 0. The van der Waals surface area contributed by atoms with E-state index in [4.69, 9.17) is 4.42 Å². The molecule has 2 aromatic heterocycles. The van der Waals surface area contributed by atoms with Gasteiger partial charge in [0.2, 0.25) is 0 Å². The molecule has 0 radical (unpaired) electrons. The molecule has 0 aliphatic carbocycles. The molecule has 0 amide bonds. The van der Waals surface area contributed by atoms with E-state index in [9.17, 15) is 0 Å². The number of rotatable bonds is 5. The third kappa shape index (κ3) is 2.49. The molecule has 84 valence electrons. The topological polar surface area (TPSA) is 51.0 Å². The normalized spacial score (nSPS) is 10.3. The van der Waals surface area contributed by atoms with Gasteiger partial charge in [0, 0.05) is 6.54 Å². The third-order valence-electron chi connectivity index (χ3n) is 1.99. The quantitative estimate of drug-likeness (QED) is 0.639. The molecule has 0 unspecified atom stereocenters. The Hall–Kier alpha value is -1.62. The zero-order chi connectivity index (χ0) is 11.4. The van der Waals surface area contributed by atoms with Gasteiger partial charge in [-0.1, -0.05) is 11.2 Å². The van der Waals surface area contributed by atoms with Gasteiger partial charge in [-0.15, -0.1) is 23.0 Å². The number of hydrogen-bond donors (Lipinski definition) is 1. The lowest BCUT2D eigenvalue weighted by Gasteiger charge is -1.95. The predicted octanol–water partition coefficient (Wildman–Crippen LogP) is 3.09. The summed E-state index contributed by atoms with van der Waals surface area (Å²) in [5.41, 5.74) is 1.21. The van der Waals surface area contributed by atoms with Crippen LogP contribution in [0.2, 0.25) is 0 Å². The van der Waals surface area contributed by atoms with Crippen molar-refractivity contribution in [1.29, 1.82) is 0 Å². The molecule has 0 saturated carbocycles. The number of nitrogens with zero attached hydrogens (tertiary/aromatic N) is 2. The molecule has 1 N–H and O–H groups in total. The van der Waals surface area contributed by atoms with E-state index in [1.165, 1.54) is 5.56 Å². The van der Waals surface area contributed by atoms with E-state index in [1.807, 2.05) is 19.1 Å². The van der Waals surface area contributed by atoms with Crippen LogP contribution in [0.4, 0.5) is 6.01 Å². The average Bonchev–Trinajstić information content (AvgIpc) is 2.87. The Morgan fingerprint density at radius 3 is 3.12 bits per heavy atom. The van der Waals surface area contributed by atoms with Crippen LogP contribution in [-0.2, 0) is 0 Å². The summed E-state index contributed by atoms with van der Waals surface area (Å²) < 4.78 is 5.47. The van der Waals surface area contributed by atoms with E-state index in [0.717, 1.165) is 17.8 Å². The fourth-order valence-corrected chi connectivity index (χ4v) is 2.04. The fraction of sp³-hybridized carbons (Fsp3) is 0.273. The Balaban J connectivity index is 2.04. The highest BCUT2D eigenvalue weighted by Crippen LogP contribution is 2.26. The SMILES string of the molecule is C=CCCNc1nnc(-c2cc(C)cs2)o1. The molecule has 5 heteroatoms. The van der Waals surface area contributed by atoms with E-state index in [0.29, 0.717) is 11.9 Å². The van der Waals surface area contributed by atoms with E-state index in [-0.39, 0.29) is 0 Å². The second-order valence-electron chi connectivity index (χ2n) is 3.40. The van der Waals surface area contributed by atoms with E-state index >= 15 is 0 Å². The summed E-state index contributed by atoms with van der Waals surface area (Å²) in [6.45, 7) is 6.44. The highest BCUT2D eigenvalue weighted by molar-refractivity contribution is 7.13. The summed E-state index contributed by atoms with van der Waals surface area (Å²) in [5, 5.41) is 13.0. The van der Waals surface area contributed by atoms with Crippen molar-refractivity contribution < 1.29 is 4.42 Å². The molecule has 0 fully saturated rings. The molecule has 16 heavy (non-hydrogen) atoms. The van der Waals surface area contributed by atoms with Crippen LogP contribution in [0, 0.1) is 6.92 Å². The monoisotopic (exact) mass is 235 g/mol. The Bertz CT molecular complexity index is 475. The van der Waals surface area contributed by atoms with Crippen LogP contribution in [-0.4, -0.2) is 16.7 Å². The first-order valence-corrected chi connectivity index (χ1v) is 5.91. The molecule has 4 nitrogen and oxygen atoms in total. The highest BCUT2D eigenvalue weighted by Gasteiger charge is 2.09. The maximum absolute atomic E-state index is 5.47. The summed E-state index contributed by atoms with van der Waals surface area (Å²) >= 11 is 1.60. The zero-order valence-corrected chi connectivity index (χ0v) is 9.88. The molecular formula is C11H13N3OS. The Morgan fingerprint density at radius 2 is 2.44 bits per heavy atom. The second kappa shape index (κ2) is 4.94. The maximum Gasteiger partial charge on any atom is 0.315 e. The van der Waals surface area contributed by atoms with Crippen molar-refractivity contribution in [3.8, 4) is 10.8 Å². The number of hydrogen-bond acceptors (Lipinski definition) is 5. The second-order valence-corrected chi connectivity index (χ2v) is 4.32. The lowest BCUT2D eigenvalue weighted by Crippen LogP contribution is -1.99. The minimum Gasteiger partial charge on any atom is -0.403 e. The van der Waals surface area contributed by atoms with Gasteiger partial charge in [-0.3, -0.25) is 0 Å². The summed E-state index contributed by atoms with van der Waals surface area (Å²) in [4.78, 5) is 1.00. The third-order valence-corrected chi connectivity index (χ3v) is 3.03. The zero-order valence-electron chi connectivity index (χ0n) is 9.06. The Labute approximate surface area is 98.0 Å². The van der Waals surface area contributed by atoms with Crippen LogP contribution >= 0.6 is 11.3 Å². The van der Waals surface area contributed by atoms with Gasteiger partial charge in [-0.2, -0.15) is 0 Å². The highest BCUT2D eigenvalue weighted by atomic mass is 32.1. The first-order chi connectivity index (χ1) is 7.79. The van der Waals surface area contributed by atoms with E-state index in [2.05, 4.69) is 27.5 Å². The van der Waals surface area contributed by atoms with Crippen LogP contribution in [0.25, 0.3) is 10.8 Å². The van der Waals surface area contributed by atoms with Gasteiger partial charge < -0.3 is 9.73 Å². The van der Waals surface area contributed by atoms with E-state index < -0.39 is 0 Å². The smallest absolute Gasteiger partial charge is 0.315 e. The Kier molecular flexibility index (Phi) is 3.36. The number of aromatic nitrogens is 2. The molecule has 2 aromatic rings. The van der Waals surface area contributed by atoms with Gasteiger partial charge in [-0.25, -0.2) is 0 Å². The van der Waals surface area contributed by atoms with Gasteiger partial charge in [0.1, 0.15) is 0 Å². The molecule has 2 heterocycles. The standard InChI is InChI=1S/C11H13N3OS/c1-3-4-5-12-11-14-13-10(15-11)9-6-8(2)7-16-9/h3,6-7H,1,4-5H2,2H3,(H,12,14). The lowest BCUT2D eigenvalue weighted by molar-refractivity contribution is 0.583. The van der Waals surface area contributed by atoms with Gasteiger partial charge in [-0.05, 0) is 30.4 Å². The van der Waals surface area contributed by atoms with Crippen LogP contribution in [0.5, 0.6) is 0 Å². The van der Waals surface area contributed by atoms with Crippen LogP contribution in [0.15, 0.2) is 28.5 Å². The minimum atomic E-state index is 0.461. The van der Waals surface area contributed by atoms with Gasteiger partial charge in [0.15, 0.2) is 0 Å². The molecule has 0 spiro atoms. The molecule has 0 bridgehead atoms. The van der Waals surface area contributed by atoms with Crippen molar-refractivity contribution in [1.82, 2.24) is 10.2 Å². The van der Waals surface area contributed by atoms with Gasteiger partial charge in [0.05, 0.1) is 4.88 Å². The van der Waals surface area contributed by atoms with E-state index in [1.54, 1.807) is 11.3 Å². The number of aryl methyl sites for hydroxylation is 1. The molecule has 0 aliphatic rings. The van der Waals surface area contributed by atoms with Crippen molar-refractivity contribution in [2.45, 2.75) is 13.3 Å². The van der Waals surface area contributed by atoms with Crippen LogP contribution in [0.3, 0.4) is 0 Å². The van der Waals surface area contributed by atoms with Crippen molar-refractivity contribution in [3.63, 3.8) is 0 Å². The van der Waals surface area contributed by atoms with Crippen molar-refractivity contribution in [3.05, 3.63) is 29.7 Å². The largest absolute Gasteiger partial charge is 0.403 e. The summed E-state index contributed by atoms with van der Waals surface area (Å²) in [5.74, 6) is 0.569. The first-order valence-electron chi connectivity index (χ1n) is 5.03.